The number of imidazole rings is 1. The molecule has 0 N–H and O–H groups in total. The predicted molar refractivity (Wildman–Crippen MR) is 56.5 cm³/mol. The van der Waals surface area contributed by atoms with Crippen LogP contribution in [-0.4, -0.2) is 9.55 Å². The highest BCUT2D eigenvalue weighted by Gasteiger charge is 2.21. The van der Waals surface area contributed by atoms with Gasteiger partial charge in [0.15, 0.2) is 0 Å². The number of nitrogens with zero attached hydrogens (tertiary/aromatic N) is 2. The summed E-state index contributed by atoms with van der Waals surface area (Å²) in [4.78, 5) is 4.31. The van der Waals surface area contributed by atoms with E-state index in [-0.39, 0.29) is 5.41 Å². The van der Waals surface area contributed by atoms with Crippen LogP contribution >= 0.6 is 0 Å². The van der Waals surface area contributed by atoms with Crippen molar-refractivity contribution in [3.05, 3.63) is 37.5 Å². The second-order valence-corrected chi connectivity index (χ2v) is 3.78. The second-order valence-electron chi connectivity index (χ2n) is 3.78. The van der Waals surface area contributed by atoms with Gasteiger partial charge in [-0.3, -0.25) is 0 Å². The Morgan fingerprint density at radius 1 is 1.62 bits per heavy atom. The van der Waals surface area contributed by atoms with Crippen molar-refractivity contribution >= 4 is 5.70 Å². The number of allylic oxidation sites excluding steroid dienone is 2. The largest absolute Gasteiger partial charge is 0.308 e. The minimum atomic E-state index is -0.109. The summed E-state index contributed by atoms with van der Waals surface area (Å²) in [5.41, 5.74) is 0.866. The van der Waals surface area contributed by atoms with Crippen molar-refractivity contribution < 1.29 is 0 Å². The van der Waals surface area contributed by atoms with Crippen molar-refractivity contribution in [1.82, 2.24) is 9.55 Å². The Kier molecular flexibility index (Phi) is 2.41. The minimum Gasteiger partial charge on any atom is -0.308 e. The quantitative estimate of drug-likeness (QED) is 0.647. The summed E-state index contributed by atoms with van der Waals surface area (Å²) in [6, 6.07) is 0. The van der Waals surface area contributed by atoms with Gasteiger partial charge in [-0.15, -0.1) is 6.58 Å². The highest BCUT2D eigenvalue weighted by molar-refractivity contribution is 5.41. The SMILES string of the molecule is C=CC(C)(C)c1nccn1C(=C)C. The molecule has 0 atom stereocenters. The summed E-state index contributed by atoms with van der Waals surface area (Å²) in [6.07, 6.45) is 5.60. The molecule has 0 bridgehead atoms. The third-order valence-electron chi connectivity index (χ3n) is 2.14. The van der Waals surface area contributed by atoms with Crippen LogP contribution in [-0.2, 0) is 5.41 Å². The summed E-state index contributed by atoms with van der Waals surface area (Å²) in [5, 5.41) is 0. The normalized spacial score (nSPS) is 11.3. The maximum absolute atomic E-state index is 4.31. The lowest BCUT2D eigenvalue weighted by molar-refractivity contribution is 0.606. The molecule has 70 valence electrons. The summed E-state index contributed by atoms with van der Waals surface area (Å²) in [5.74, 6) is 0.981. The Hall–Kier alpha value is -1.31. The van der Waals surface area contributed by atoms with Crippen LogP contribution in [0.1, 0.15) is 26.6 Å². The molecular formula is C11H16N2. The molecule has 0 aliphatic rings. The van der Waals surface area contributed by atoms with E-state index in [0.29, 0.717) is 0 Å². The smallest absolute Gasteiger partial charge is 0.122 e. The highest BCUT2D eigenvalue weighted by atomic mass is 15.1. The molecule has 1 rings (SSSR count). The van der Waals surface area contributed by atoms with Crippen molar-refractivity contribution in [2.75, 3.05) is 0 Å². The predicted octanol–water partition coefficient (Wildman–Crippen LogP) is 2.84. The van der Waals surface area contributed by atoms with E-state index in [2.05, 4.69) is 32.0 Å². The fraction of sp³-hybridized carbons (Fsp3) is 0.364. The molecule has 0 fully saturated rings. The van der Waals surface area contributed by atoms with E-state index < -0.39 is 0 Å². The summed E-state index contributed by atoms with van der Waals surface area (Å²) in [6.45, 7) is 13.8. The molecule has 0 saturated carbocycles. The molecule has 0 aliphatic carbocycles. The molecule has 0 aliphatic heterocycles. The van der Waals surface area contributed by atoms with E-state index >= 15 is 0 Å². The van der Waals surface area contributed by atoms with E-state index in [0.717, 1.165) is 11.5 Å². The van der Waals surface area contributed by atoms with Crippen LogP contribution < -0.4 is 0 Å². The van der Waals surface area contributed by atoms with Crippen molar-refractivity contribution in [2.45, 2.75) is 26.2 Å². The summed E-state index contributed by atoms with van der Waals surface area (Å²) in [7, 11) is 0. The van der Waals surface area contributed by atoms with E-state index in [9.17, 15) is 0 Å². The van der Waals surface area contributed by atoms with E-state index in [1.165, 1.54) is 0 Å². The first kappa shape index (κ1) is 9.78. The molecular weight excluding hydrogens is 160 g/mol. The van der Waals surface area contributed by atoms with E-state index in [1.807, 2.05) is 23.8 Å². The standard InChI is InChI=1S/C11H16N2/c1-6-11(4,5)10-12-7-8-13(10)9(2)3/h6-8H,1-2H2,3-5H3. The zero-order valence-corrected chi connectivity index (χ0v) is 8.54. The second kappa shape index (κ2) is 3.21. The Morgan fingerprint density at radius 3 is 2.69 bits per heavy atom. The monoisotopic (exact) mass is 176 g/mol. The molecule has 0 aromatic carbocycles. The Bertz CT molecular complexity index is 332. The van der Waals surface area contributed by atoms with Gasteiger partial charge >= 0.3 is 0 Å². The van der Waals surface area contributed by atoms with E-state index in [4.69, 9.17) is 0 Å². The minimum absolute atomic E-state index is 0.109. The third-order valence-corrected chi connectivity index (χ3v) is 2.14. The van der Waals surface area contributed by atoms with Gasteiger partial charge in [0.1, 0.15) is 5.82 Å². The first-order valence-corrected chi connectivity index (χ1v) is 4.32. The molecule has 2 heteroatoms. The van der Waals surface area contributed by atoms with Crippen LogP contribution in [0.15, 0.2) is 31.6 Å². The fourth-order valence-electron chi connectivity index (χ4n) is 1.18. The van der Waals surface area contributed by atoms with Crippen LogP contribution in [0.2, 0.25) is 0 Å². The Labute approximate surface area is 79.6 Å². The molecule has 0 amide bonds. The van der Waals surface area contributed by atoms with Gasteiger partial charge in [0.25, 0.3) is 0 Å². The van der Waals surface area contributed by atoms with Gasteiger partial charge in [-0.05, 0) is 20.8 Å². The highest BCUT2D eigenvalue weighted by Crippen LogP contribution is 2.23. The maximum atomic E-state index is 4.31. The number of rotatable bonds is 3. The molecule has 2 nitrogen and oxygen atoms in total. The van der Waals surface area contributed by atoms with Crippen LogP contribution in [0.3, 0.4) is 0 Å². The van der Waals surface area contributed by atoms with Crippen molar-refractivity contribution in [3.8, 4) is 0 Å². The van der Waals surface area contributed by atoms with Crippen molar-refractivity contribution in [3.63, 3.8) is 0 Å². The topological polar surface area (TPSA) is 17.8 Å². The fourth-order valence-corrected chi connectivity index (χ4v) is 1.18. The average molecular weight is 176 g/mol. The summed E-state index contributed by atoms with van der Waals surface area (Å²) >= 11 is 0. The zero-order valence-electron chi connectivity index (χ0n) is 8.54. The van der Waals surface area contributed by atoms with Crippen LogP contribution in [0.5, 0.6) is 0 Å². The molecule has 1 aromatic heterocycles. The lowest BCUT2D eigenvalue weighted by atomic mass is 9.93. The van der Waals surface area contributed by atoms with Gasteiger partial charge < -0.3 is 4.57 Å². The molecule has 0 radical (unpaired) electrons. The van der Waals surface area contributed by atoms with Crippen LogP contribution in [0, 0.1) is 0 Å². The van der Waals surface area contributed by atoms with Gasteiger partial charge in [-0.2, -0.15) is 0 Å². The molecule has 13 heavy (non-hydrogen) atoms. The van der Waals surface area contributed by atoms with Crippen LogP contribution in [0.25, 0.3) is 5.70 Å². The van der Waals surface area contributed by atoms with Crippen molar-refractivity contribution in [2.24, 2.45) is 0 Å². The number of hydrogen-bond acceptors (Lipinski definition) is 1. The third kappa shape index (κ3) is 1.72. The first-order valence-electron chi connectivity index (χ1n) is 4.32. The molecule has 0 saturated heterocycles. The van der Waals surface area contributed by atoms with Gasteiger partial charge in [-0.1, -0.05) is 12.7 Å². The molecule has 0 spiro atoms. The lowest BCUT2D eigenvalue weighted by Gasteiger charge is -2.20. The zero-order chi connectivity index (χ0) is 10.1. The average Bonchev–Trinajstić information content (AvgIpc) is 2.52. The van der Waals surface area contributed by atoms with E-state index in [1.54, 1.807) is 6.20 Å². The lowest BCUT2D eigenvalue weighted by Crippen LogP contribution is -2.19. The number of hydrogen-bond donors (Lipinski definition) is 0. The van der Waals surface area contributed by atoms with Crippen LogP contribution in [0.4, 0.5) is 0 Å². The van der Waals surface area contributed by atoms with Gasteiger partial charge in [-0.25, -0.2) is 4.98 Å². The number of aromatic nitrogens is 2. The Balaban J connectivity index is 3.22. The molecule has 1 aromatic rings. The Morgan fingerprint density at radius 2 is 2.23 bits per heavy atom. The summed E-state index contributed by atoms with van der Waals surface area (Å²) < 4.78 is 1.99. The van der Waals surface area contributed by atoms with Gasteiger partial charge in [0.05, 0.1) is 0 Å². The molecule has 1 heterocycles. The van der Waals surface area contributed by atoms with Gasteiger partial charge in [0, 0.05) is 23.5 Å². The first-order chi connectivity index (χ1) is 5.99. The van der Waals surface area contributed by atoms with Gasteiger partial charge in [0.2, 0.25) is 0 Å². The maximum Gasteiger partial charge on any atom is 0.122 e. The van der Waals surface area contributed by atoms with Crippen molar-refractivity contribution in [1.29, 1.82) is 0 Å². The molecule has 0 unspecified atom stereocenters.